The van der Waals surface area contributed by atoms with Crippen molar-refractivity contribution in [3.05, 3.63) is 23.3 Å². The van der Waals surface area contributed by atoms with Gasteiger partial charge in [0.15, 0.2) is 0 Å². The normalized spacial score (nSPS) is 13.1. The molecule has 0 aromatic heterocycles. The first kappa shape index (κ1) is 24.8. The predicted octanol–water partition coefficient (Wildman–Crippen LogP) is 4.16. The van der Waals surface area contributed by atoms with Gasteiger partial charge in [0.25, 0.3) is 0 Å². The average molecular weight is 411 g/mol. The third-order valence-electron chi connectivity index (χ3n) is 4.83. The number of rotatable bonds is 14. The first-order valence-corrected chi connectivity index (χ1v) is 10.3. The number of carbonyl (C=O) groups is 2. The highest BCUT2D eigenvalue weighted by atomic mass is 16.5. The van der Waals surface area contributed by atoms with E-state index >= 15 is 0 Å². The number of aromatic carboxylic acids is 1. The van der Waals surface area contributed by atoms with Crippen LogP contribution in [0.2, 0.25) is 0 Å². The van der Waals surface area contributed by atoms with Crippen LogP contribution in [0.4, 0.5) is 0 Å². The van der Waals surface area contributed by atoms with Crippen LogP contribution in [-0.4, -0.2) is 44.6 Å². The average Bonchev–Trinajstić information content (AvgIpc) is 2.58. The second kappa shape index (κ2) is 13.0. The number of ether oxygens (including phenoxy) is 1. The van der Waals surface area contributed by atoms with Gasteiger partial charge in [-0.2, -0.15) is 0 Å². The highest BCUT2D eigenvalue weighted by Crippen LogP contribution is 2.29. The molecule has 0 radical (unpaired) electrons. The van der Waals surface area contributed by atoms with Crippen molar-refractivity contribution in [3.63, 3.8) is 0 Å². The lowest BCUT2D eigenvalue weighted by Crippen LogP contribution is -2.20. The number of benzene rings is 1. The molecule has 7 nitrogen and oxygen atoms in total. The summed E-state index contributed by atoms with van der Waals surface area (Å²) in [6.07, 6.45) is 8.05. The quantitative estimate of drug-likeness (QED) is 0.268. The zero-order chi connectivity index (χ0) is 21.8. The number of carboxylic acids is 1. The molecule has 1 aromatic rings. The molecule has 1 aromatic carbocycles. The van der Waals surface area contributed by atoms with Crippen molar-refractivity contribution in [3.8, 4) is 11.5 Å². The first-order valence-electron chi connectivity index (χ1n) is 10.3. The minimum Gasteiger partial charge on any atom is -0.508 e. The van der Waals surface area contributed by atoms with Crippen molar-refractivity contribution in [2.45, 2.75) is 90.3 Å². The van der Waals surface area contributed by atoms with Crippen molar-refractivity contribution >= 4 is 11.9 Å². The van der Waals surface area contributed by atoms with Crippen molar-refractivity contribution in [1.29, 1.82) is 0 Å². The van der Waals surface area contributed by atoms with E-state index in [1.807, 2.05) is 0 Å². The summed E-state index contributed by atoms with van der Waals surface area (Å²) in [6, 6.07) is 2.27. The maximum atomic E-state index is 11.4. The standard InChI is InChI=1S/C22H34O7/c1-15(23)10-8-6-4-3-5-7-9-11-19(29-16(2)24)13-17-12-18(25)14-20(26)21(17)22(27)28/h12,14-15,19,23,25-26H,3-11,13H2,1-2H3,(H,27,28)/t15-,19-/m0/s1. The van der Waals surface area contributed by atoms with Crippen LogP contribution < -0.4 is 0 Å². The van der Waals surface area contributed by atoms with Gasteiger partial charge in [0.05, 0.1) is 6.10 Å². The van der Waals surface area contributed by atoms with Crippen LogP contribution in [0.3, 0.4) is 0 Å². The maximum Gasteiger partial charge on any atom is 0.339 e. The van der Waals surface area contributed by atoms with Gasteiger partial charge >= 0.3 is 11.9 Å². The zero-order valence-electron chi connectivity index (χ0n) is 17.4. The van der Waals surface area contributed by atoms with Crippen LogP contribution in [0, 0.1) is 0 Å². The number of hydrogen-bond acceptors (Lipinski definition) is 6. The number of aliphatic hydroxyl groups is 1. The van der Waals surface area contributed by atoms with E-state index in [9.17, 15) is 30.0 Å². The van der Waals surface area contributed by atoms with Gasteiger partial charge in [-0.1, -0.05) is 38.5 Å². The fourth-order valence-corrected chi connectivity index (χ4v) is 3.46. The monoisotopic (exact) mass is 410 g/mol. The topological polar surface area (TPSA) is 124 Å². The van der Waals surface area contributed by atoms with Crippen LogP contribution in [0.15, 0.2) is 12.1 Å². The molecule has 0 fully saturated rings. The minimum absolute atomic E-state index is 0.114. The number of phenols is 2. The molecule has 164 valence electrons. The maximum absolute atomic E-state index is 11.4. The second-order valence-corrected chi connectivity index (χ2v) is 7.64. The molecule has 2 atom stereocenters. The van der Waals surface area contributed by atoms with E-state index in [1.165, 1.54) is 13.0 Å². The third kappa shape index (κ3) is 10.2. The Morgan fingerprint density at radius 3 is 2.03 bits per heavy atom. The van der Waals surface area contributed by atoms with Crippen molar-refractivity contribution < 1.29 is 34.8 Å². The van der Waals surface area contributed by atoms with E-state index in [0.717, 1.165) is 57.4 Å². The molecule has 0 unspecified atom stereocenters. The Morgan fingerprint density at radius 2 is 1.52 bits per heavy atom. The van der Waals surface area contributed by atoms with Crippen molar-refractivity contribution in [1.82, 2.24) is 0 Å². The number of carboxylic acid groups (broad SMARTS) is 1. The van der Waals surface area contributed by atoms with Gasteiger partial charge in [0.1, 0.15) is 23.2 Å². The van der Waals surface area contributed by atoms with E-state index in [2.05, 4.69) is 0 Å². The molecule has 0 heterocycles. The number of carbonyl (C=O) groups excluding carboxylic acids is 1. The molecule has 29 heavy (non-hydrogen) atoms. The molecule has 4 N–H and O–H groups in total. The minimum atomic E-state index is -1.30. The van der Waals surface area contributed by atoms with E-state index in [1.54, 1.807) is 6.92 Å². The van der Waals surface area contributed by atoms with Gasteiger partial charge in [-0.15, -0.1) is 0 Å². The molecule has 0 spiro atoms. The summed E-state index contributed by atoms with van der Waals surface area (Å²) < 4.78 is 5.33. The number of esters is 1. The molecule has 0 saturated carbocycles. The van der Waals surface area contributed by atoms with Gasteiger partial charge < -0.3 is 25.2 Å². The Morgan fingerprint density at radius 1 is 0.966 bits per heavy atom. The van der Waals surface area contributed by atoms with Gasteiger partial charge in [-0.25, -0.2) is 4.79 Å². The summed E-state index contributed by atoms with van der Waals surface area (Å²) in [5, 5.41) is 38.1. The highest BCUT2D eigenvalue weighted by Gasteiger charge is 2.21. The summed E-state index contributed by atoms with van der Waals surface area (Å²) >= 11 is 0. The lowest BCUT2D eigenvalue weighted by molar-refractivity contribution is -0.146. The fourth-order valence-electron chi connectivity index (χ4n) is 3.46. The first-order chi connectivity index (χ1) is 13.7. The summed E-state index contributed by atoms with van der Waals surface area (Å²) in [5.41, 5.74) is -0.0449. The van der Waals surface area contributed by atoms with Gasteiger partial charge in [-0.3, -0.25) is 4.79 Å². The number of aromatic hydroxyl groups is 2. The smallest absolute Gasteiger partial charge is 0.339 e. The van der Waals surface area contributed by atoms with E-state index in [4.69, 9.17) is 4.74 Å². The second-order valence-electron chi connectivity index (χ2n) is 7.64. The van der Waals surface area contributed by atoms with E-state index < -0.39 is 23.8 Å². The van der Waals surface area contributed by atoms with Gasteiger partial charge in [0.2, 0.25) is 0 Å². The van der Waals surface area contributed by atoms with E-state index in [-0.39, 0.29) is 29.4 Å². The molecule has 0 aliphatic carbocycles. The Bertz CT molecular complexity index is 655. The summed E-state index contributed by atoms with van der Waals surface area (Å²) in [6.45, 7) is 3.11. The zero-order valence-corrected chi connectivity index (χ0v) is 17.4. The predicted molar refractivity (Wildman–Crippen MR) is 109 cm³/mol. The van der Waals surface area contributed by atoms with Crippen molar-refractivity contribution in [2.24, 2.45) is 0 Å². The Kier molecular flexibility index (Phi) is 11.1. The molecule has 1 rings (SSSR count). The van der Waals surface area contributed by atoms with Crippen LogP contribution in [0.1, 0.15) is 87.6 Å². The number of hydrogen-bond donors (Lipinski definition) is 4. The molecule has 0 aliphatic heterocycles. The largest absolute Gasteiger partial charge is 0.508 e. The molecule has 0 bridgehead atoms. The fraction of sp³-hybridized carbons (Fsp3) is 0.636. The molecule has 0 saturated heterocycles. The number of aliphatic hydroxyl groups excluding tert-OH is 1. The summed E-state index contributed by atoms with van der Waals surface area (Å²) in [5.74, 6) is -2.49. The van der Waals surface area contributed by atoms with Gasteiger partial charge in [-0.05, 0) is 37.8 Å². The van der Waals surface area contributed by atoms with Crippen LogP contribution in [0.25, 0.3) is 0 Å². The SMILES string of the molecule is CC(=O)O[C@@H](CCCCCCCCC[C@H](C)O)Cc1cc(O)cc(O)c1C(=O)O. The Balaban J connectivity index is 2.51. The summed E-state index contributed by atoms with van der Waals surface area (Å²) in [4.78, 5) is 22.9. The van der Waals surface area contributed by atoms with Crippen molar-refractivity contribution in [2.75, 3.05) is 0 Å². The summed E-state index contributed by atoms with van der Waals surface area (Å²) in [7, 11) is 0. The van der Waals surface area contributed by atoms with E-state index in [0.29, 0.717) is 6.42 Å². The molecule has 0 aliphatic rings. The number of phenolic OH excluding ortho intramolecular Hbond substituents is 1. The Labute approximate surface area is 172 Å². The van der Waals surface area contributed by atoms with Crippen LogP contribution in [-0.2, 0) is 16.0 Å². The Hall–Kier alpha value is -2.28. The lowest BCUT2D eigenvalue weighted by atomic mass is 9.97. The van der Waals surface area contributed by atoms with Crippen LogP contribution in [0.5, 0.6) is 11.5 Å². The molecular weight excluding hydrogens is 376 g/mol. The highest BCUT2D eigenvalue weighted by molar-refractivity contribution is 5.93. The van der Waals surface area contributed by atoms with Crippen LogP contribution >= 0.6 is 0 Å². The molecule has 0 amide bonds. The molecular formula is C22H34O7. The van der Waals surface area contributed by atoms with Gasteiger partial charge in [0, 0.05) is 19.4 Å². The number of unbranched alkanes of at least 4 members (excludes halogenated alkanes) is 6. The lowest BCUT2D eigenvalue weighted by Gasteiger charge is -2.19. The third-order valence-corrected chi connectivity index (χ3v) is 4.83. The molecule has 7 heteroatoms.